The third-order valence-corrected chi connectivity index (χ3v) is 2.76. The Morgan fingerprint density at radius 1 is 1.50 bits per heavy atom. The fraction of sp³-hybridized carbons (Fsp3) is 0.125. The summed E-state index contributed by atoms with van der Waals surface area (Å²) >= 11 is 3.38. The first-order valence-corrected chi connectivity index (χ1v) is 5.06. The van der Waals surface area contributed by atoms with Gasteiger partial charge >= 0.3 is 5.97 Å². The number of hydrogen-bond acceptors (Lipinski definition) is 2. The Kier molecular flexibility index (Phi) is 3.25. The molecular weight excluding hydrogens is 228 g/mol. The second kappa shape index (κ2) is 4.08. The van der Waals surface area contributed by atoms with Crippen molar-refractivity contribution in [2.75, 3.05) is 0 Å². The SMILES string of the molecule is Cc1c(C(=O)O)cc(Cl)cc1S(=O)O. The zero-order valence-corrected chi connectivity index (χ0v) is 8.72. The summed E-state index contributed by atoms with van der Waals surface area (Å²) in [7, 11) is 0. The topological polar surface area (TPSA) is 74.6 Å². The van der Waals surface area contributed by atoms with Crippen LogP contribution in [0.3, 0.4) is 0 Å². The molecule has 0 aliphatic carbocycles. The lowest BCUT2D eigenvalue weighted by Crippen LogP contribution is -2.03. The third kappa shape index (κ3) is 2.12. The van der Waals surface area contributed by atoms with Crippen LogP contribution >= 0.6 is 11.6 Å². The second-order valence-electron chi connectivity index (χ2n) is 2.63. The van der Waals surface area contributed by atoms with Crippen molar-refractivity contribution in [1.29, 1.82) is 0 Å². The van der Waals surface area contributed by atoms with Gasteiger partial charge in [0, 0.05) is 5.02 Å². The van der Waals surface area contributed by atoms with Gasteiger partial charge in [-0.15, -0.1) is 0 Å². The van der Waals surface area contributed by atoms with E-state index in [9.17, 15) is 9.00 Å². The number of benzene rings is 1. The standard InChI is InChI=1S/C8H7ClO4S/c1-4-6(8(10)11)2-5(9)3-7(4)14(12)13/h2-3H,1H3,(H,10,11)(H,12,13). The number of rotatable bonds is 2. The highest BCUT2D eigenvalue weighted by Gasteiger charge is 2.15. The molecule has 1 rings (SSSR count). The van der Waals surface area contributed by atoms with Gasteiger partial charge in [0.15, 0.2) is 11.1 Å². The average molecular weight is 235 g/mol. The Balaban J connectivity index is 3.47. The van der Waals surface area contributed by atoms with Crippen molar-refractivity contribution in [2.45, 2.75) is 11.8 Å². The molecule has 1 unspecified atom stereocenters. The van der Waals surface area contributed by atoms with Gasteiger partial charge in [0.1, 0.15) is 0 Å². The number of carbonyl (C=O) groups is 1. The van der Waals surface area contributed by atoms with Gasteiger partial charge in [-0.25, -0.2) is 9.00 Å². The smallest absolute Gasteiger partial charge is 0.336 e. The predicted octanol–water partition coefficient (Wildman–Crippen LogP) is 1.93. The predicted molar refractivity (Wildman–Crippen MR) is 52.2 cm³/mol. The average Bonchev–Trinajstić information content (AvgIpc) is 2.07. The lowest BCUT2D eigenvalue weighted by Gasteiger charge is -2.05. The molecule has 14 heavy (non-hydrogen) atoms. The van der Waals surface area contributed by atoms with E-state index in [0.717, 1.165) is 0 Å². The van der Waals surface area contributed by atoms with Crippen molar-refractivity contribution in [3.8, 4) is 0 Å². The summed E-state index contributed by atoms with van der Waals surface area (Å²) in [5.74, 6) is -1.17. The molecule has 4 nitrogen and oxygen atoms in total. The fourth-order valence-electron chi connectivity index (χ4n) is 1.06. The van der Waals surface area contributed by atoms with Crippen LogP contribution in [0.1, 0.15) is 15.9 Å². The van der Waals surface area contributed by atoms with Crippen molar-refractivity contribution < 1.29 is 18.7 Å². The van der Waals surface area contributed by atoms with E-state index in [1.54, 1.807) is 0 Å². The van der Waals surface area contributed by atoms with Crippen LogP contribution in [-0.4, -0.2) is 19.8 Å². The van der Waals surface area contributed by atoms with Gasteiger partial charge in [-0.1, -0.05) is 11.6 Å². The van der Waals surface area contributed by atoms with E-state index in [0.29, 0.717) is 0 Å². The summed E-state index contributed by atoms with van der Waals surface area (Å²) in [6, 6.07) is 2.52. The largest absolute Gasteiger partial charge is 0.478 e. The van der Waals surface area contributed by atoms with Crippen LogP contribution in [-0.2, 0) is 11.1 Å². The fourth-order valence-corrected chi connectivity index (χ4v) is 1.94. The van der Waals surface area contributed by atoms with Crippen molar-refractivity contribution in [1.82, 2.24) is 0 Å². The van der Waals surface area contributed by atoms with Gasteiger partial charge in [0.05, 0.1) is 10.5 Å². The second-order valence-corrected chi connectivity index (χ2v) is 4.01. The van der Waals surface area contributed by atoms with Crippen LogP contribution in [0.25, 0.3) is 0 Å². The van der Waals surface area contributed by atoms with E-state index < -0.39 is 17.0 Å². The van der Waals surface area contributed by atoms with Crippen LogP contribution < -0.4 is 0 Å². The summed E-state index contributed by atoms with van der Waals surface area (Å²) in [4.78, 5) is 10.7. The molecule has 1 aromatic rings. The van der Waals surface area contributed by atoms with Crippen LogP contribution in [0.15, 0.2) is 17.0 Å². The molecule has 0 heterocycles. The number of carboxylic acid groups (broad SMARTS) is 1. The quantitative estimate of drug-likeness (QED) is 0.767. The maximum Gasteiger partial charge on any atom is 0.336 e. The van der Waals surface area contributed by atoms with Crippen LogP contribution in [0.4, 0.5) is 0 Å². The first-order valence-electron chi connectivity index (χ1n) is 3.57. The maximum atomic E-state index is 10.8. The Labute approximate surface area is 87.8 Å². The van der Waals surface area contributed by atoms with Gasteiger partial charge in [-0.2, -0.15) is 0 Å². The molecule has 0 amide bonds. The van der Waals surface area contributed by atoms with E-state index in [4.69, 9.17) is 21.3 Å². The molecule has 0 spiro atoms. The summed E-state index contributed by atoms with van der Waals surface area (Å²) in [5, 5.41) is 8.89. The molecule has 0 saturated carbocycles. The maximum absolute atomic E-state index is 10.8. The molecule has 2 N–H and O–H groups in total. The summed E-state index contributed by atoms with van der Waals surface area (Å²) in [6.07, 6.45) is 0. The first kappa shape index (κ1) is 11.2. The summed E-state index contributed by atoms with van der Waals surface area (Å²) in [6.45, 7) is 1.46. The van der Waals surface area contributed by atoms with E-state index in [1.165, 1.54) is 19.1 Å². The Morgan fingerprint density at radius 3 is 2.50 bits per heavy atom. The van der Waals surface area contributed by atoms with Gasteiger partial charge in [-0.3, -0.25) is 0 Å². The highest BCUT2D eigenvalue weighted by Crippen LogP contribution is 2.22. The van der Waals surface area contributed by atoms with E-state index in [2.05, 4.69) is 0 Å². The molecule has 0 radical (unpaired) electrons. The molecular formula is C8H7ClO4S. The van der Waals surface area contributed by atoms with Gasteiger partial charge in [-0.05, 0) is 24.6 Å². The molecule has 0 saturated heterocycles. The summed E-state index contributed by atoms with van der Waals surface area (Å²) in [5.41, 5.74) is 0.192. The molecule has 1 atom stereocenters. The van der Waals surface area contributed by atoms with Crippen molar-refractivity contribution in [2.24, 2.45) is 0 Å². The van der Waals surface area contributed by atoms with Crippen molar-refractivity contribution in [3.05, 3.63) is 28.3 Å². The lowest BCUT2D eigenvalue weighted by atomic mass is 10.1. The minimum absolute atomic E-state index is 0.0231. The highest BCUT2D eigenvalue weighted by atomic mass is 35.5. The van der Waals surface area contributed by atoms with Crippen LogP contribution in [0.5, 0.6) is 0 Å². The Bertz CT molecular complexity index is 381. The molecule has 0 aromatic heterocycles. The van der Waals surface area contributed by atoms with E-state index >= 15 is 0 Å². The Morgan fingerprint density at radius 2 is 2.07 bits per heavy atom. The normalized spacial score (nSPS) is 12.5. The monoisotopic (exact) mass is 234 g/mol. The number of hydrogen-bond donors (Lipinski definition) is 2. The first-order chi connectivity index (χ1) is 6.43. The van der Waals surface area contributed by atoms with Gasteiger partial charge in [0.25, 0.3) is 0 Å². The number of halogens is 1. The van der Waals surface area contributed by atoms with Gasteiger partial charge < -0.3 is 9.66 Å². The van der Waals surface area contributed by atoms with E-state index in [1.807, 2.05) is 0 Å². The number of aromatic carboxylic acids is 1. The summed E-state index contributed by atoms with van der Waals surface area (Å²) < 4.78 is 19.7. The third-order valence-electron chi connectivity index (χ3n) is 1.74. The molecule has 0 fully saturated rings. The lowest BCUT2D eigenvalue weighted by molar-refractivity contribution is 0.0696. The zero-order valence-electron chi connectivity index (χ0n) is 7.15. The molecule has 0 aliphatic rings. The van der Waals surface area contributed by atoms with Crippen LogP contribution in [0, 0.1) is 6.92 Å². The van der Waals surface area contributed by atoms with Crippen molar-refractivity contribution in [3.63, 3.8) is 0 Å². The highest BCUT2D eigenvalue weighted by molar-refractivity contribution is 7.79. The minimum atomic E-state index is -2.23. The number of carboxylic acids is 1. The van der Waals surface area contributed by atoms with E-state index in [-0.39, 0.29) is 21.0 Å². The Hall–Kier alpha value is -0.910. The molecule has 0 bridgehead atoms. The molecule has 76 valence electrons. The zero-order chi connectivity index (χ0) is 10.9. The molecule has 1 aromatic carbocycles. The van der Waals surface area contributed by atoms with Gasteiger partial charge in [0.2, 0.25) is 0 Å². The van der Waals surface area contributed by atoms with Crippen molar-refractivity contribution >= 4 is 28.7 Å². The molecule has 0 aliphatic heterocycles. The minimum Gasteiger partial charge on any atom is -0.478 e. The molecule has 6 heteroatoms. The van der Waals surface area contributed by atoms with Crippen LogP contribution in [0.2, 0.25) is 5.02 Å².